The summed E-state index contributed by atoms with van der Waals surface area (Å²) in [5.74, 6) is -1.23. The molecule has 0 spiro atoms. The number of benzene rings is 3. The van der Waals surface area contributed by atoms with E-state index in [1.54, 1.807) is 35.2 Å². The smallest absolute Gasteiger partial charge is 0.283 e. The Bertz CT molecular complexity index is 1300. The lowest BCUT2D eigenvalue weighted by molar-refractivity contribution is -0.120. The van der Waals surface area contributed by atoms with E-state index < -0.39 is 11.8 Å². The van der Waals surface area contributed by atoms with Gasteiger partial charge in [-0.25, -0.2) is 4.90 Å². The molecule has 34 heavy (non-hydrogen) atoms. The second-order valence-corrected chi connectivity index (χ2v) is 8.39. The fraction of sp³-hybridized carbons (Fsp3) is 0.148. The second-order valence-electron chi connectivity index (χ2n) is 8.01. The standard InChI is InChI=1S/C27H24ClN3O3/c1-4-30(21-8-6-5-7-9-21)25(32)19-12-14-20(15-13-19)29-24-23(28)26(33)31(27(24)34)22-16-17(2)10-11-18(22)3/h5-16,29H,4H2,1-3H3. The average Bonchev–Trinajstić information content (AvgIpc) is 3.05. The Balaban J connectivity index is 1.54. The Morgan fingerprint density at radius 1 is 0.941 bits per heavy atom. The predicted octanol–water partition coefficient (Wildman–Crippen LogP) is 5.41. The van der Waals surface area contributed by atoms with E-state index >= 15 is 0 Å². The minimum atomic E-state index is -0.573. The average molecular weight is 474 g/mol. The minimum absolute atomic E-state index is 0.00567. The Kier molecular flexibility index (Phi) is 6.52. The number of rotatable bonds is 6. The minimum Gasteiger partial charge on any atom is -0.350 e. The maximum Gasteiger partial charge on any atom is 0.283 e. The highest BCUT2D eigenvalue weighted by Crippen LogP contribution is 2.32. The van der Waals surface area contributed by atoms with E-state index in [-0.39, 0.29) is 16.6 Å². The van der Waals surface area contributed by atoms with E-state index in [2.05, 4.69) is 5.32 Å². The molecule has 0 saturated heterocycles. The Morgan fingerprint density at radius 2 is 1.62 bits per heavy atom. The molecule has 172 valence electrons. The van der Waals surface area contributed by atoms with Gasteiger partial charge in [0.15, 0.2) is 0 Å². The van der Waals surface area contributed by atoms with Crippen LogP contribution in [-0.2, 0) is 9.59 Å². The highest BCUT2D eigenvalue weighted by Gasteiger charge is 2.39. The molecule has 0 fully saturated rings. The van der Waals surface area contributed by atoms with E-state index in [0.29, 0.717) is 23.5 Å². The number of nitrogens with one attached hydrogen (secondary N) is 1. The van der Waals surface area contributed by atoms with Crippen LogP contribution in [0.15, 0.2) is 83.5 Å². The second kappa shape index (κ2) is 9.53. The van der Waals surface area contributed by atoms with Crippen LogP contribution >= 0.6 is 11.6 Å². The predicted molar refractivity (Wildman–Crippen MR) is 135 cm³/mol. The van der Waals surface area contributed by atoms with Crippen LogP contribution in [0.25, 0.3) is 0 Å². The molecule has 7 heteroatoms. The Morgan fingerprint density at radius 3 is 2.26 bits per heavy atom. The molecule has 0 radical (unpaired) electrons. The van der Waals surface area contributed by atoms with Gasteiger partial charge in [0.2, 0.25) is 0 Å². The van der Waals surface area contributed by atoms with Crippen LogP contribution in [0.5, 0.6) is 0 Å². The monoisotopic (exact) mass is 473 g/mol. The van der Waals surface area contributed by atoms with Crippen molar-refractivity contribution in [1.29, 1.82) is 0 Å². The van der Waals surface area contributed by atoms with Crippen LogP contribution in [0.3, 0.4) is 0 Å². The maximum atomic E-state index is 13.1. The fourth-order valence-electron chi connectivity index (χ4n) is 3.84. The van der Waals surface area contributed by atoms with Crippen molar-refractivity contribution in [2.24, 2.45) is 0 Å². The third-order valence-corrected chi connectivity index (χ3v) is 6.01. The highest BCUT2D eigenvalue weighted by molar-refractivity contribution is 6.53. The van der Waals surface area contributed by atoms with Crippen molar-refractivity contribution in [1.82, 2.24) is 0 Å². The van der Waals surface area contributed by atoms with Crippen LogP contribution in [0, 0.1) is 13.8 Å². The zero-order valence-electron chi connectivity index (χ0n) is 19.1. The summed E-state index contributed by atoms with van der Waals surface area (Å²) in [7, 11) is 0. The molecular weight excluding hydrogens is 450 g/mol. The van der Waals surface area contributed by atoms with Gasteiger partial charge in [-0.2, -0.15) is 0 Å². The molecule has 0 unspecified atom stereocenters. The van der Waals surface area contributed by atoms with Gasteiger partial charge in [0.25, 0.3) is 17.7 Å². The first-order valence-corrected chi connectivity index (χ1v) is 11.3. The molecule has 0 aliphatic carbocycles. The van der Waals surface area contributed by atoms with Gasteiger partial charge in [0.05, 0.1) is 5.69 Å². The lowest BCUT2D eigenvalue weighted by Crippen LogP contribution is -2.33. The first-order valence-electron chi connectivity index (χ1n) is 10.9. The van der Waals surface area contributed by atoms with Crippen molar-refractivity contribution < 1.29 is 14.4 Å². The number of hydrogen-bond donors (Lipinski definition) is 1. The number of hydrogen-bond acceptors (Lipinski definition) is 4. The Hall–Kier alpha value is -3.90. The van der Waals surface area contributed by atoms with Gasteiger partial charge in [-0.1, -0.05) is 41.9 Å². The molecule has 1 aliphatic rings. The number of aryl methyl sites for hydroxylation is 2. The summed E-state index contributed by atoms with van der Waals surface area (Å²) in [6.45, 7) is 6.16. The quantitative estimate of drug-likeness (QED) is 0.486. The summed E-state index contributed by atoms with van der Waals surface area (Å²) in [5, 5.41) is 2.78. The van der Waals surface area contributed by atoms with Gasteiger partial charge in [-0.3, -0.25) is 14.4 Å². The summed E-state index contributed by atoms with van der Waals surface area (Å²) in [4.78, 5) is 41.7. The third-order valence-electron chi connectivity index (χ3n) is 5.66. The van der Waals surface area contributed by atoms with E-state index in [4.69, 9.17) is 11.6 Å². The van der Waals surface area contributed by atoms with Crippen LogP contribution in [0.2, 0.25) is 0 Å². The number of carbonyl (C=O) groups excluding carboxylic acids is 3. The van der Waals surface area contributed by atoms with Crippen molar-refractivity contribution in [3.8, 4) is 0 Å². The number of anilines is 3. The number of imide groups is 1. The topological polar surface area (TPSA) is 69.7 Å². The number of carbonyl (C=O) groups is 3. The molecule has 4 rings (SSSR count). The van der Waals surface area contributed by atoms with Gasteiger partial charge >= 0.3 is 0 Å². The van der Waals surface area contributed by atoms with Crippen LogP contribution in [-0.4, -0.2) is 24.3 Å². The normalized spacial score (nSPS) is 13.5. The maximum absolute atomic E-state index is 13.1. The summed E-state index contributed by atoms with van der Waals surface area (Å²) >= 11 is 6.26. The van der Waals surface area contributed by atoms with Gasteiger partial charge < -0.3 is 10.2 Å². The summed E-state index contributed by atoms with van der Waals surface area (Å²) in [5.41, 5.74) is 4.09. The molecule has 3 aromatic rings. The van der Waals surface area contributed by atoms with Crippen LogP contribution in [0.4, 0.5) is 17.1 Å². The van der Waals surface area contributed by atoms with Gasteiger partial charge in [0, 0.05) is 23.5 Å². The zero-order chi connectivity index (χ0) is 24.4. The molecule has 1 N–H and O–H groups in total. The van der Waals surface area contributed by atoms with Crippen molar-refractivity contribution in [3.63, 3.8) is 0 Å². The molecule has 1 heterocycles. The number of nitrogens with zero attached hydrogens (tertiary/aromatic N) is 2. The van der Waals surface area contributed by atoms with Gasteiger partial charge in [0.1, 0.15) is 10.7 Å². The lowest BCUT2D eigenvalue weighted by atomic mass is 10.1. The van der Waals surface area contributed by atoms with Crippen LogP contribution in [0.1, 0.15) is 28.4 Å². The van der Waals surface area contributed by atoms with Crippen molar-refractivity contribution in [3.05, 3.63) is 100 Å². The van der Waals surface area contributed by atoms with E-state index in [1.807, 2.05) is 63.2 Å². The van der Waals surface area contributed by atoms with Gasteiger partial charge in [-0.15, -0.1) is 0 Å². The molecule has 0 bridgehead atoms. The first kappa shape index (κ1) is 23.3. The lowest BCUT2D eigenvalue weighted by Gasteiger charge is -2.21. The molecule has 6 nitrogen and oxygen atoms in total. The molecule has 0 saturated carbocycles. The zero-order valence-corrected chi connectivity index (χ0v) is 19.9. The molecule has 1 aliphatic heterocycles. The molecular formula is C27H24ClN3O3. The summed E-state index contributed by atoms with van der Waals surface area (Å²) < 4.78 is 0. The van der Waals surface area contributed by atoms with Crippen molar-refractivity contribution in [2.45, 2.75) is 20.8 Å². The fourth-order valence-corrected chi connectivity index (χ4v) is 4.05. The molecule has 0 aromatic heterocycles. The van der Waals surface area contributed by atoms with Crippen LogP contribution < -0.4 is 15.1 Å². The van der Waals surface area contributed by atoms with E-state index in [9.17, 15) is 14.4 Å². The number of halogens is 1. The SMILES string of the molecule is CCN(C(=O)c1ccc(NC2=C(Cl)C(=O)N(c3cc(C)ccc3C)C2=O)cc1)c1ccccc1. The van der Waals surface area contributed by atoms with E-state index in [1.165, 1.54) is 0 Å². The van der Waals surface area contributed by atoms with Crippen molar-refractivity contribution in [2.75, 3.05) is 21.7 Å². The number of para-hydroxylation sites is 1. The molecule has 3 amide bonds. The summed E-state index contributed by atoms with van der Waals surface area (Å²) in [6.07, 6.45) is 0. The number of amides is 3. The largest absolute Gasteiger partial charge is 0.350 e. The first-order chi connectivity index (χ1) is 16.3. The van der Waals surface area contributed by atoms with E-state index in [0.717, 1.165) is 21.7 Å². The third kappa shape index (κ3) is 4.32. The summed E-state index contributed by atoms with van der Waals surface area (Å²) in [6, 6.07) is 21.7. The highest BCUT2D eigenvalue weighted by atomic mass is 35.5. The molecule has 0 atom stereocenters. The molecule has 3 aromatic carbocycles. The van der Waals surface area contributed by atoms with Gasteiger partial charge in [-0.05, 0) is 74.4 Å². The van der Waals surface area contributed by atoms with Crippen molar-refractivity contribution >= 4 is 46.4 Å². The Labute approximate surface area is 203 Å².